The number of H-pyrrole nitrogens is 1. The minimum Gasteiger partial charge on any atom is -0.494 e. The van der Waals surface area contributed by atoms with Gasteiger partial charge in [-0.05, 0) is 18.6 Å². The Morgan fingerprint density at radius 1 is 1.33 bits per heavy atom. The molecular weight excluding hydrogens is 268 g/mol. The van der Waals surface area contributed by atoms with Crippen LogP contribution in [0.1, 0.15) is 29.8 Å². The number of aromatic amines is 1. The first kappa shape index (κ1) is 15.0. The van der Waals surface area contributed by atoms with E-state index in [9.17, 15) is 4.79 Å². The van der Waals surface area contributed by atoms with Crippen LogP contribution in [0.3, 0.4) is 0 Å². The van der Waals surface area contributed by atoms with Crippen molar-refractivity contribution in [3.05, 3.63) is 42.0 Å². The molecule has 0 bridgehead atoms. The standard InChI is InChI=1S/C15H20N4O2/c1-3-13-16-14(18-17-13)15(20)19(2)10-7-11-21-12-8-5-4-6-9-12/h4-6,8-9H,3,7,10-11H2,1-2H3,(H,16,17,18). The first-order chi connectivity index (χ1) is 10.2. The van der Waals surface area contributed by atoms with Crippen molar-refractivity contribution < 1.29 is 9.53 Å². The highest BCUT2D eigenvalue weighted by Crippen LogP contribution is 2.08. The summed E-state index contributed by atoms with van der Waals surface area (Å²) in [4.78, 5) is 17.8. The van der Waals surface area contributed by atoms with Crippen LogP contribution in [0.15, 0.2) is 30.3 Å². The summed E-state index contributed by atoms with van der Waals surface area (Å²) in [5.41, 5.74) is 0. The topological polar surface area (TPSA) is 71.1 Å². The second-order valence-electron chi connectivity index (χ2n) is 4.70. The number of aromatic nitrogens is 3. The summed E-state index contributed by atoms with van der Waals surface area (Å²) in [6.45, 7) is 3.12. The van der Waals surface area contributed by atoms with Gasteiger partial charge in [-0.3, -0.25) is 9.89 Å². The lowest BCUT2D eigenvalue weighted by molar-refractivity contribution is 0.0776. The normalized spacial score (nSPS) is 10.4. The Morgan fingerprint density at radius 3 is 2.76 bits per heavy atom. The molecule has 2 aromatic rings. The van der Waals surface area contributed by atoms with Gasteiger partial charge in [-0.25, -0.2) is 4.98 Å². The fourth-order valence-corrected chi connectivity index (χ4v) is 1.83. The van der Waals surface area contributed by atoms with E-state index in [1.54, 1.807) is 11.9 Å². The first-order valence-electron chi connectivity index (χ1n) is 7.05. The largest absolute Gasteiger partial charge is 0.494 e. The lowest BCUT2D eigenvalue weighted by Crippen LogP contribution is -2.29. The average Bonchev–Trinajstić information content (AvgIpc) is 3.00. The van der Waals surface area contributed by atoms with Gasteiger partial charge >= 0.3 is 0 Å². The number of benzene rings is 1. The Balaban J connectivity index is 1.74. The van der Waals surface area contributed by atoms with Crippen molar-refractivity contribution in [3.63, 3.8) is 0 Å². The van der Waals surface area contributed by atoms with E-state index in [-0.39, 0.29) is 11.7 Å². The molecule has 0 fully saturated rings. The molecule has 0 atom stereocenters. The minimum atomic E-state index is -0.175. The van der Waals surface area contributed by atoms with Gasteiger partial charge in [-0.15, -0.1) is 5.10 Å². The van der Waals surface area contributed by atoms with E-state index in [0.29, 0.717) is 13.2 Å². The molecule has 2 rings (SSSR count). The molecule has 0 aliphatic heterocycles. The van der Waals surface area contributed by atoms with Crippen LogP contribution in [-0.4, -0.2) is 46.2 Å². The van der Waals surface area contributed by atoms with E-state index in [0.717, 1.165) is 24.4 Å². The predicted octanol–water partition coefficient (Wildman–Crippen LogP) is 1.91. The average molecular weight is 288 g/mol. The van der Waals surface area contributed by atoms with Crippen molar-refractivity contribution in [2.45, 2.75) is 19.8 Å². The van der Waals surface area contributed by atoms with Crippen LogP contribution in [0.4, 0.5) is 0 Å². The molecule has 1 heterocycles. The van der Waals surface area contributed by atoms with Gasteiger partial charge in [0.05, 0.1) is 6.61 Å². The van der Waals surface area contributed by atoms with E-state index >= 15 is 0 Å². The van der Waals surface area contributed by atoms with Crippen LogP contribution in [0.5, 0.6) is 5.75 Å². The zero-order valence-electron chi connectivity index (χ0n) is 12.4. The molecule has 1 N–H and O–H groups in total. The molecule has 0 saturated heterocycles. The molecule has 6 heteroatoms. The number of carbonyl (C=O) groups excluding carboxylic acids is 1. The van der Waals surface area contributed by atoms with E-state index in [4.69, 9.17) is 4.74 Å². The highest BCUT2D eigenvalue weighted by molar-refractivity contribution is 5.90. The molecule has 0 spiro atoms. The van der Waals surface area contributed by atoms with Crippen LogP contribution < -0.4 is 4.74 Å². The maximum absolute atomic E-state index is 12.1. The maximum Gasteiger partial charge on any atom is 0.293 e. The highest BCUT2D eigenvalue weighted by atomic mass is 16.5. The lowest BCUT2D eigenvalue weighted by atomic mass is 10.3. The fraction of sp³-hybridized carbons (Fsp3) is 0.400. The molecule has 0 saturated carbocycles. The Morgan fingerprint density at radius 2 is 2.10 bits per heavy atom. The number of amides is 1. The van der Waals surface area contributed by atoms with Crippen molar-refractivity contribution in [2.75, 3.05) is 20.2 Å². The molecular formula is C15H20N4O2. The lowest BCUT2D eigenvalue weighted by Gasteiger charge is -2.15. The van der Waals surface area contributed by atoms with Gasteiger partial charge in [0.25, 0.3) is 5.91 Å². The molecule has 0 radical (unpaired) electrons. The summed E-state index contributed by atoms with van der Waals surface area (Å²) in [6.07, 6.45) is 1.48. The molecule has 1 amide bonds. The van der Waals surface area contributed by atoms with E-state index < -0.39 is 0 Å². The second-order valence-corrected chi connectivity index (χ2v) is 4.70. The van der Waals surface area contributed by atoms with Crippen LogP contribution in [-0.2, 0) is 6.42 Å². The quantitative estimate of drug-likeness (QED) is 0.790. The van der Waals surface area contributed by atoms with Crippen LogP contribution in [0, 0.1) is 0 Å². The molecule has 6 nitrogen and oxygen atoms in total. The molecule has 0 aliphatic carbocycles. The van der Waals surface area contributed by atoms with Crippen molar-refractivity contribution in [1.29, 1.82) is 0 Å². The van der Waals surface area contributed by atoms with Gasteiger partial charge in [-0.2, -0.15) is 0 Å². The number of aryl methyl sites for hydroxylation is 1. The summed E-state index contributed by atoms with van der Waals surface area (Å²) >= 11 is 0. The Labute approximate surface area is 124 Å². The highest BCUT2D eigenvalue weighted by Gasteiger charge is 2.16. The molecule has 0 unspecified atom stereocenters. The summed E-state index contributed by atoms with van der Waals surface area (Å²) in [5.74, 6) is 1.61. The molecule has 0 aliphatic rings. The van der Waals surface area contributed by atoms with Crippen molar-refractivity contribution in [1.82, 2.24) is 20.1 Å². The Kier molecular flexibility index (Phi) is 5.31. The van der Waals surface area contributed by atoms with Crippen molar-refractivity contribution >= 4 is 5.91 Å². The zero-order chi connectivity index (χ0) is 15.1. The van der Waals surface area contributed by atoms with Crippen LogP contribution >= 0.6 is 0 Å². The molecule has 1 aromatic heterocycles. The van der Waals surface area contributed by atoms with Gasteiger partial charge in [0.2, 0.25) is 5.82 Å². The van der Waals surface area contributed by atoms with E-state index in [1.807, 2.05) is 37.3 Å². The fourth-order valence-electron chi connectivity index (χ4n) is 1.83. The SMILES string of the molecule is CCc1nc(C(=O)N(C)CCCOc2ccccc2)n[nH]1. The summed E-state index contributed by atoms with van der Waals surface area (Å²) in [7, 11) is 1.74. The zero-order valence-corrected chi connectivity index (χ0v) is 12.4. The van der Waals surface area contributed by atoms with E-state index in [1.165, 1.54) is 0 Å². The van der Waals surface area contributed by atoms with Gasteiger partial charge in [-0.1, -0.05) is 25.1 Å². The van der Waals surface area contributed by atoms with Crippen molar-refractivity contribution in [3.8, 4) is 5.75 Å². The number of nitrogens with zero attached hydrogens (tertiary/aromatic N) is 3. The Bertz CT molecular complexity index is 568. The monoisotopic (exact) mass is 288 g/mol. The number of carbonyl (C=O) groups is 1. The summed E-state index contributed by atoms with van der Waals surface area (Å²) < 4.78 is 5.59. The summed E-state index contributed by atoms with van der Waals surface area (Å²) in [6, 6.07) is 9.63. The number of hydrogen-bond acceptors (Lipinski definition) is 4. The summed E-state index contributed by atoms with van der Waals surface area (Å²) in [5, 5.41) is 6.67. The predicted molar refractivity (Wildman–Crippen MR) is 79.3 cm³/mol. The third-order valence-electron chi connectivity index (χ3n) is 3.05. The smallest absolute Gasteiger partial charge is 0.293 e. The van der Waals surface area contributed by atoms with Crippen molar-refractivity contribution in [2.24, 2.45) is 0 Å². The number of rotatable bonds is 7. The minimum absolute atomic E-state index is 0.175. The number of ether oxygens (including phenoxy) is 1. The van der Waals surface area contributed by atoms with Gasteiger partial charge in [0, 0.05) is 20.0 Å². The van der Waals surface area contributed by atoms with Gasteiger partial charge in [0.15, 0.2) is 0 Å². The Hall–Kier alpha value is -2.37. The second kappa shape index (κ2) is 7.42. The third-order valence-corrected chi connectivity index (χ3v) is 3.05. The van der Waals surface area contributed by atoms with Gasteiger partial charge < -0.3 is 9.64 Å². The first-order valence-corrected chi connectivity index (χ1v) is 7.05. The number of hydrogen-bond donors (Lipinski definition) is 1. The number of nitrogens with one attached hydrogen (secondary N) is 1. The third kappa shape index (κ3) is 4.30. The molecule has 21 heavy (non-hydrogen) atoms. The van der Waals surface area contributed by atoms with Crippen LogP contribution in [0.2, 0.25) is 0 Å². The molecule has 1 aromatic carbocycles. The van der Waals surface area contributed by atoms with E-state index in [2.05, 4.69) is 15.2 Å². The number of para-hydroxylation sites is 1. The van der Waals surface area contributed by atoms with Crippen LogP contribution in [0.25, 0.3) is 0 Å². The maximum atomic E-state index is 12.1. The van der Waals surface area contributed by atoms with Gasteiger partial charge in [0.1, 0.15) is 11.6 Å². The molecule has 112 valence electrons.